The normalized spacial score (nSPS) is 15.9. The minimum absolute atomic E-state index is 0.00878. The summed E-state index contributed by atoms with van der Waals surface area (Å²) in [6, 6.07) is 14.2. The van der Waals surface area contributed by atoms with Gasteiger partial charge in [0.05, 0.1) is 6.42 Å². The van der Waals surface area contributed by atoms with Gasteiger partial charge in [-0.25, -0.2) is 9.97 Å². The van der Waals surface area contributed by atoms with Crippen molar-refractivity contribution in [2.45, 2.75) is 31.7 Å². The Hall–Kier alpha value is -3.28. The van der Waals surface area contributed by atoms with E-state index >= 15 is 0 Å². The third kappa shape index (κ3) is 3.65. The predicted molar refractivity (Wildman–Crippen MR) is 102 cm³/mol. The second kappa shape index (κ2) is 7.15. The molecule has 0 radical (unpaired) electrons. The predicted octanol–water partition coefficient (Wildman–Crippen LogP) is 1.94. The highest BCUT2D eigenvalue weighted by molar-refractivity contribution is 5.90. The highest BCUT2D eigenvalue weighted by Crippen LogP contribution is 2.21. The van der Waals surface area contributed by atoms with Crippen molar-refractivity contribution in [1.29, 1.82) is 0 Å². The second-order valence-corrected chi connectivity index (χ2v) is 6.85. The fourth-order valence-electron chi connectivity index (χ4n) is 3.65. The lowest BCUT2D eigenvalue weighted by molar-refractivity contribution is -0.121. The molecule has 0 fully saturated rings. The summed E-state index contributed by atoms with van der Waals surface area (Å²) in [5, 5.41) is 5.37. The molecule has 27 heavy (non-hydrogen) atoms. The lowest BCUT2D eigenvalue weighted by Crippen LogP contribution is -2.40. The van der Waals surface area contributed by atoms with Crippen LogP contribution in [0.25, 0.3) is 10.8 Å². The van der Waals surface area contributed by atoms with E-state index in [0.29, 0.717) is 19.3 Å². The van der Waals surface area contributed by atoms with Crippen molar-refractivity contribution in [2.75, 3.05) is 0 Å². The number of hydrogen-bond acceptors (Lipinski definition) is 4. The first-order valence-corrected chi connectivity index (χ1v) is 9.01. The number of aromatic nitrogens is 2. The van der Waals surface area contributed by atoms with E-state index in [2.05, 4.69) is 27.4 Å². The van der Waals surface area contributed by atoms with Crippen molar-refractivity contribution in [3.05, 3.63) is 71.3 Å². The Morgan fingerprint density at radius 1 is 1.15 bits per heavy atom. The van der Waals surface area contributed by atoms with Crippen molar-refractivity contribution >= 4 is 22.6 Å². The maximum absolute atomic E-state index is 12.6. The maximum atomic E-state index is 12.6. The van der Waals surface area contributed by atoms with Crippen LogP contribution in [0.5, 0.6) is 0 Å². The van der Waals surface area contributed by atoms with Gasteiger partial charge < -0.3 is 11.1 Å². The van der Waals surface area contributed by atoms with Crippen molar-refractivity contribution in [2.24, 2.45) is 5.73 Å². The van der Waals surface area contributed by atoms with Gasteiger partial charge in [0.2, 0.25) is 11.7 Å². The number of amides is 2. The average Bonchev–Trinajstić information content (AvgIpc) is 2.67. The standard InChI is InChI=1S/C21H20N4O2/c22-20(27)21-23-12-15-10-16(8-9-18(15)25-21)24-19(26)11-14-6-3-5-13-4-1-2-7-17(13)14/h1-7,12,16H,8-11H2,(H2,22,27)(H,24,26). The van der Waals surface area contributed by atoms with Gasteiger partial charge >= 0.3 is 0 Å². The Bertz CT molecular complexity index is 1030. The van der Waals surface area contributed by atoms with Crippen LogP contribution in [-0.4, -0.2) is 27.8 Å². The fraction of sp³-hybridized carbons (Fsp3) is 0.238. The zero-order chi connectivity index (χ0) is 18.8. The van der Waals surface area contributed by atoms with E-state index < -0.39 is 5.91 Å². The molecule has 136 valence electrons. The highest BCUT2D eigenvalue weighted by atomic mass is 16.2. The molecule has 0 saturated heterocycles. The number of nitrogens with two attached hydrogens (primary N) is 1. The van der Waals surface area contributed by atoms with Crippen LogP contribution in [0.1, 0.15) is 33.9 Å². The molecule has 1 atom stereocenters. The Balaban J connectivity index is 1.44. The number of hydrogen-bond donors (Lipinski definition) is 2. The van der Waals surface area contributed by atoms with Gasteiger partial charge in [0, 0.05) is 17.9 Å². The fourth-order valence-corrected chi connectivity index (χ4v) is 3.65. The number of carbonyl (C=O) groups is 2. The summed E-state index contributed by atoms with van der Waals surface area (Å²) in [4.78, 5) is 32.0. The first kappa shape index (κ1) is 17.1. The van der Waals surface area contributed by atoms with Crippen molar-refractivity contribution < 1.29 is 9.59 Å². The first-order chi connectivity index (χ1) is 13.1. The van der Waals surface area contributed by atoms with Crippen molar-refractivity contribution in [1.82, 2.24) is 15.3 Å². The Kier molecular flexibility index (Phi) is 4.54. The molecule has 6 nitrogen and oxygen atoms in total. The van der Waals surface area contributed by atoms with E-state index in [9.17, 15) is 9.59 Å². The van der Waals surface area contributed by atoms with E-state index in [1.165, 1.54) is 0 Å². The third-order valence-electron chi connectivity index (χ3n) is 4.97. The number of nitrogens with zero attached hydrogens (tertiary/aromatic N) is 2. The Labute approximate surface area is 156 Å². The number of carbonyl (C=O) groups excluding carboxylic acids is 2. The summed E-state index contributed by atoms with van der Waals surface area (Å²) in [6.07, 6.45) is 4.13. The third-order valence-corrected chi connectivity index (χ3v) is 4.97. The molecule has 1 aromatic heterocycles. The highest BCUT2D eigenvalue weighted by Gasteiger charge is 2.23. The van der Waals surface area contributed by atoms with Crippen LogP contribution < -0.4 is 11.1 Å². The molecule has 3 aromatic rings. The smallest absolute Gasteiger partial charge is 0.286 e. The molecular weight excluding hydrogens is 340 g/mol. The summed E-state index contributed by atoms with van der Waals surface area (Å²) in [5.74, 6) is -0.565. The molecule has 0 saturated carbocycles. The average molecular weight is 360 g/mol. The zero-order valence-electron chi connectivity index (χ0n) is 14.8. The van der Waals surface area contributed by atoms with E-state index in [-0.39, 0.29) is 17.8 Å². The molecular formula is C21H20N4O2. The zero-order valence-corrected chi connectivity index (χ0v) is 14.8. The van der Waals surface area contributed by atoms with Crippen LogP contribution in [0.2, 0.25) is 0 Å². The van der Waals surface area contributed by atoms with Crippen molar-refractivity contribution in [3.8, 4) is 0 Å². The number of rotatable bonds is 4. The minimum Gasteiger partial charge on any atom is -0.363 e. The van der Waals surface area contributed by atoms with Gasteiger partial charge in [0.25, 0.3) is 5.91 Å². The molecule has 2 amide bonds. The SMILES string of the molecule is NC(=O)c1ncc2c(n1)CCC(NC(=O)Cc1cccc3ccccc13)C2. The molecule has 6 heteroatoms. The van der Waals surface area contributed by atoms with Crippen LogP contribution >= 0.6 is 0 Å². The number of benzene rings is 2. The lowest BCUT2D eigenvalue weighted by atomic mass is 9.92. The molecule has 0 spiro atoms. The molecule has 1 aliphatic rings. The van der Waals surface area contributed by atoms with Crippen LogP contribution in [0.4, 0.5) is 0 Å². The first-order valence-electron chi connectivity index (χ1n) is 9.01. The topological polar surface area (TPSA) is 98.0 Å². The number of aryl methyl sites for hydroxylation is 1. The summed E-state index contributed by atoms with van der Waals surface area (Å²) in [7, 11) is 0. The van der Waals surface area contributed by atoms with Gasteiger partial charge in [-0.3, -0.25) is 9.59 Å². The molecule has 4 rings (SSSR count). The second-order valence-electron chi connectivity index (χ2n) is 6.85. The van der Waals surface area contributed by atoms with Crippen LogP contribution in [0, 0.1) is 0 Å². The van der Waals surface area contributed by atoms with Gasteiger partial charge in [-0.2, -0.15) is 0 Å². The van der Waals surface area contributed by atoms with Crippen LogP contribution in [-0.2, 0) is 24.1 Å². The monoisotopic (exact) mass is 360 g/mol. The minimum atomic E-state index is -0.622. The van der Waals surface area contributed by atoms with E-state index in [0.717, 1.165) is 34.0 Å². The molecule has 1 unspecified atom stereocenters. The van der Waals surface area contributed by atoms with Crippen molar-refractivity contribution in [3.63, 3.8) is 0 Å². The number of nitrogens with one attached hydrogen (secondary N) is 1. The van der Waals surface area contributed by atoms with Crippen LogP contribution in [0.15, 0.2) is 48.7 Å². The van der Waals surface area contributed by atoms with E-state index in [4.69, 9.17) is 5.73 Å². The van der Waals surface area contributed by atoms with Gasteiger partial charge in [-0.1, -0.05) is 42.5 Å². The Morgan fingerprint density at radius 2 is 1.96 bits per heavy atom. The summed E-state index contributed by atoms with van der Waals surface area (Å²) >= 11 is 0. The molecule has 3 N–H and O–H groups in total. The van der Waals surface area contributed by atoms with Gasteiger partial charge in [-0.05, 0) is 41.2 Å². The molecule has 1 heterocycles. The summed E-state index contributed by atoms with van der Waals surface area (Å²) in [6.45, 7) is 0. The van der Waals surface area contributed by atoms with Gasteiger partial charge in [0.1, 0.15) is 0 Å². The van der Waals surface area contributed by atoms with E-state index in [1.54, 1.807) is 6.20 Å². The Morgan fingerprint density at radius 3 is 2.81 bits per heavy atom. The largest absolute Gasteiger partial charge is 0.363 e. The summed E-state index contributed by atoms with van der Waals surface area (Å²) in [5.41, 5.74) is 8.06. The number of primary amides is 1. The lowest BCUT2D eigenvalue weighted by Gasteiger charge is -2.24. The summed E-state index contributed by atoms with van der Waals surface area (Å²) < 4.78 is 0. The molecule has 1 aliphatic carbocycles. The number of fused-ring (bicyclic) bond motifs is 2. The van der Waals surface area contributed by atoms with E-state index in [1.807, 2.05) is 30.3 Å². The van der Waals surface area contributed by atoms with Gasteiger partial charge in [-0.15, -0.1) is 0 Å². The van der Waals surface area contributed by atoms with Gasteiger partial charge in [0.15, 0.2) is 0 Å². The van der Waals surface area contributed by atoms with Crippen LogP contribution in [0.3, 0.4) is 0 Å². The molecule has 0 aliphatic heterocycles. The molecule has 2 aromatic carbocycles. The molecule has 0 bridgehead atoms. The quantitative estimate of drug-likeness (QED) is 0.743. The maximum Gasteiger partial charge on any atom is 0.286 e.